The summed E-state index contributed by atoms with van der Waals surface area (Å²) in [4.78, 5) is 40.2. The van der Waals surface area contributed by atoms with Crippen LogP contribution in [0.2, 0.25) is 0 Å². The third kappa shape index (κ3) is 57.7. The molecular formula is C31H64O19. The molecule has 6 unspecified atom stereocenters. The third-order valence-corrected chi connectivity index (χ3v) is 5.18. The van der Waals surface area contributed by atoms with Crippen LogP contribution in [0.1, 0.15) is 67.2 Å². The van der Waals surface area contributed by atoms with E-state index in [1.807, 2.05) is 0 Å². The Morgan fingerprint density at radius 2 is 0.720 bits per heavy atom. The second kappa shape index (κ2) is 42.6. The van der Waals surface area contributed by atoms with Gasteiger partial charge in [-0.25, -0.2) is 0 Å². The zero-order valence-corrected chi connectivity index (χ0v) is 30.2. The molecule has 0 saturated carbocycles. The minimum absolute atomic E-state index is 0.133. The minimum atomic E-state index is -0.950. The first-order chi connectivity index (χ1) is 23.4. The first-order valence-electron chi connectivity index (χ1n) is 16.0. The van der Waals surface area contributed by atoms with E-state index in [-0.39, 0.29) is 66.1 Å². The number of unbranched alkanes of at least 4 members (excludes halogenated alkanes) is 1. The highest BCUT2D eigenvalue weighted by atomic mass is 16.6. The van der Waals surface area contributed by atoms with Crippen molar-refractivity contribution in [3.63, 3.8) is 0 Å². The quantitative estimate of drug-likeness (QED) is 0.0419. The van der Waals surface area contributed by atoms with Gasteiger partial charge in [0, 0.05) is 34.3 Å². The maximum absolute atomic E-state index is 10.0. The molecule has 0 aromatic heterocycles. The van der Waals surface area contributed by atoms with Crippen LogP contribution < -0.4 is 0 Å². The predicted octanol–water partition coefficient (Wildman–Crippen LogP) is -2.82. The van der Waals surface area contributed by atoms with Gasteiger partial charge in [0.2, 0.25) is 0 Å². The van der Waals surface area contributed by atoms with Crippen molar-refractivity contribution >= 4 is 23.9 Å². The maximum atomic E-state index is 10.0. The Kier molecular flexibility index (Phi) is 48.4. The van der Waals surface area contributed by atoms with Crippen LogP contribution in [0.3, 0.4) is 0 Å². The molecule has 0 aliphatic carbocycles. The zero-order chi connectivity index (χ0) is 39.9. The van der Waals surface area contributed by atoms with E-state index in [9.17, 15) is 19.2 Å². The molecule has 0 heterocycles. The van der Waals surface area contributed by atoms with E-state index in [1.54, 1.807) is 0 Å². The lowest BCUT2D eigenvalue weighted by atomic mass is 10.0. The summed E-state index contributed by atoms with van der Waals surface area (Å²) in [5, 5.41) is 84.8. The van der Waals surface area contributed by atoms with E-state index >= 15 is 0 Å². The standard InChI is InChI=1S/C11H24O3.4C5H10O4/c1-3-5-6-10(4-2)8-14-9-11(13)7-12;4*1-4(7)9-3-5(8)2-6/h10-13H,3-9H2,1-2H3;4*5-6,8H,2-3H2,1H3. The van der Waals surface area contributed by atoms with Crippen molar-refractivity contribution in [1.29, 1.82) is 0 Å². The van der Waals surface area contributed by atoms with Crippen LogP contribution in [0.15, 0.2) is 0 Å². The van der Waals surface area contributed by atoms with Gasteiger partial charge in [0.05, 0.1) is 39.6 Å². The zero-order valence-electron chi connectivity index (χ0n) is 30.2. The molecule has 0 aromatic rings. The summed E-state index contributed by atoms with van der Waals surface area (Å²) >= 11 is 0. The van der Waals surface area contributed by atoms with Gasteiger partial charge in [0.15, 0.2) is 0 Å². The number of aliphatic hydroxyl groups is 10. The SMILES string of the molecule is CC(=O)OCC(O)CO.CC(=O)OCC(O)CO.CC(=O)OCC(O)CO.CC(=O)OCC(O)CO.CCCCC(CC)COCC(O)CO. The van der Waals surface area contributed by atoms with Crippen LogP contribution in [0.5, 0.6) is 0 Å². The van der Waals surface area contributed by atoms with Crippen molar-refractivity contribution in [1.82, 2.24) is 0 Å². The topological polar surface area (TPSA) is 317 Å². The molecule has 0 aliphatic rings. The lowest BCUT2D eigenvalue weighted by Gasteiger charge is -2.15. The molecule has 10 N–H and O–H groups in total. The monoisotopic (exact) mass is 740 g/mol. The normalized spacial score (nSPS) is 13.5. The fraction of sp³-hybridized carbons (Fsp3) is 0.871. The average molecular weight is 741 g/mol. The molecule has 0 amide bonds. The number of hydrogen-bond donors (Lipinski definition) is 10. The van der Waals surface area contributed by atoms with Crippen molar-refractivity contribution < 1.29 is 93.9 Å². The van der Waals surface area contributed by atoms with Crippen molar-refractivity contribution in [3.05, 3.63) is 0 Å². The summed E-state index contributed by atoms with van der Waals surface area (Å²) in [7, 11) is 0. The fourth-order valence-corrected chi connectivity index (χ4v) is 2.39. The van der Waals surface area contributed by atoms with Gasteiger partial charge in [0.1, 0.15) is 56.9 Å². The van der Waals surface area contributed by atoms with E-state index in [4.69, 9.17) is 55.8 Å². The van der Waals surface area contributed by atoms with Gasteiger partial charge >= 0.3 is 23.9 Å². The molecule has 0 spiro atoms. The maximum Gasteiger partial charge on any atom is 0.302 e. The highest BCUT2D eigenvalue weighted by molar-refractivity contribution is 5.66. The average Bonchev–Trinajstić information content (AvgIpc) is 3.09. The Hall–Kier alpha value is -2.56. The molecule has 0 radical (unpaired) electrons. The molecule has 302 valence electrons. The van der Waals surface area contributed by atoms with Crippen LogP contribution in [-0.4, -0.2) is 178 Å². The fourth-order valence-electron chi connectivity index (χ4n) is 2.39. The van der Waals surface area contributed by atoms with Gasteiger partial charge < -0.3 is 74.7 Å². The van der Waals surface area contributed by atoms with Gasteiger partial charge in [-0.15, -0.1) is 0 Å². The van der Waals surface area contributed by atoms with Crippen LogP contribution in [-0.2, 0) is 42.9 Å². The van der Waals surface area contributed by atoms with Gasteiger partial charge in [0.25, 0.3) is 0 Å². The minimum Gasteiger partial charge on any atom is -0.463 e. The Morgan fingerprint density at radius 1 is 0.460 bits per heavy atom. The van der Waals surface area contributed by atoms with Crippen molar-refractivity contribution in [2.24, 2.45) is 5.92 Å². The number of esters is 4. The van der Waals surface area contributed by atoms with E-state index in [2.05, 4.69) is 32.8 Å². The molecule has 6 atom stereocenters. The Bertz CT molecular complexity index is 674. The molecule has 19 nitrogen and oxygen atoms in total. The molecular weight excluding hydrogens is 676 g/mol. The molecule has 0 aliphatic heterocycles. The second-order valence-corrected chi connectivity index (χ2v) is 10.3. The van der Waals surface area contributed by atoms with Crippen LogP contribution in [0.25, 0.3) is 0 Å². The summed E-state index contributed by atoms with van der Waals surface area (Å²) in [6.07, 6.45) is 0.252. The number of aliphatic hydroxyl groups excluding tert-OH is 10. The Morgan fingerprint density at radius 3 is 0.920 bits per heavy atom. The third-order valence-electron chi connectivity index (χ3n) is 5.18. The van der Waals surface area contributed by atoms with E-state index in [0.29, 0.717) is 12.5 Å². The summed E-state index contributed by atoms with van der Waals surface area (Å²) < 4.78 is 22.7. The molecule has 19 heteroatoms. The highest BCUT2D eigenvalue weighted by Gasteiger charge is 2.08. The lowest BCUT2D eigenvalue weighted by Crippen LogP contribution is -2.21. The summed E-state index contributed by atoms with van der Waals surface area (Å²) in [6.45, 7) is 7.98. The lowest BCUT2D eigenvalue weighted by molar-refractivity contribution is -0.145. The number of carbonyl (C=O) groups is 4. The smallest absolute Gasteiger partial charge is 0.302 e. The van der Waals surface area contributed by atoms with Crippen molar-refractivity contribution in [3.8, 4) is 0 Å². The summed E-state index contributed by atoms with van der Waals surface area (Å²) in [5.74, 6) is -1.23. The van der Waals surface area contributed by atoms with Crippen molar-refractivity contribution in [2.45, 2.75) is 97.7 Å². The van der Waals surface area contributed by atoms with Gasteiger partial charge in [-0.1, -0.05) is 33.1 Å². The number of carbonyl (C=O) groups excluding carboxylic acids is 4. The molecule has 50 heavy (non-hydrogen) atoms. The molecule has 0 rings (SSSR count). The molecule has 0 saturated heterocycles. The van der Waals surface area contributed by atoms with Crippen LogP contribution in [0.4, 0.5) is 0 Å². The second-order valence-electron chi connectivity index (χ2n) is 10.3. The summed E-state index contributed by atoms with van der Waals surface area (Å²) in [6, 6.07) is 0. The van der Waals surface area contributed by atoms with E-state index < -0.39 is 54.4 Å². The van der Waals surface area contributed by atoms with Crippen LogP contribution in [0, 0.1) is 5.92 Å². The first kappa shape index (κ1) is 56.8. The van der Waals surface area contributed by atoms with Crippen LogP contribution >= 0.6 is 0 Å². The molecule has 0 fully saturated rings. The largest absolute Gasteiger partial charge is 0.463 e. The Balaban J connectivity index is -0.000000171. The first-order valence-corrected chi connectivity index (χ1v) is 16.0. The number of ether oxygens (including phenoxy) is 5. The van der Waals surface area contributed by atoms with Gasteiger partial charge in [-0.3, -0.25) is 19.2 Å². The number of hydrogen-bond acceptors (Lipinski definition) is 19. The summed E-state index contributed by atoms with van der Waals surface area (Å²) in [5.41, 5.74) is 0. The van der Waals surface area contributed by atoms with E-state index in [0.717, 1.165) is 6.42 Å². The number of rotatable bonds is 21. The van der Waals surface area contributed by atoms with Gasteiger partial charge in [-0.05, 0) is 12.3 Å². The Labute approximate surface area is 294 Å². The van der Waals surface area contributed by atoms with Crippen molar-refractivity contribution in [2.75, 3.05) is 72.7 Å². The molecule has 0 aromatic carbocycles. The predicted molar refractivity (Wildman–Crippen MR) is 176 cm³/mol. The van der Waals surface area contributed by atoms with E-state index in [1.165, 1.54) is 47.0 Å². The van der Waals surface area contributed by atoms with Gasteiger partial charge in [-0.2, -0.15) is 0 Å². The molecule has 0 bridgehead atoms. The highest BCUT2D eigenvalue weighted by Crippen LogP contribution is 2.12.